The number of nitrogens with one attached hydrogen (secondary N) is 1. The van der Waals surface area contributed by atoms with Gasteiger partial charge in [-0.05, 0) is 44.6 Å². The van der Waals surface area contributed by atoms with Crippen LogP contribution in [0.2, 0.25) is 0 Å². The summed E-state index contributed by atoms with van der Waals surface area (Å²) in [6, 6.07) is 18.4. The van der Waals surface area contributed by atoms with Crippen molar-refractivity contribution in [3.05, 3.63) is 70.2 Å². The average molecular weight is 382 g/mol. The van der Waals surface area contributed by atoms with Gasteiger partial charge in [-0.2, -0.15) is 0 Å². The molecule has 1 unspecified atom stereocenters. The van der Waals surface area contributed by atoms with Gasteiger partial charge in [-0.15, -0.1) is 0 Å². The zero-order chi connectivity index (χ0) is 16.7. The maximum Gasteiger partial charge on any atom is 0.225 e. The molecule has 0 bridgehead atoms. The number of ether oxygens (including phenoxy) is 1. The highest BCUT2D eigenvalue weighted by molar-refractivity contribution is 9.10. The van der Waals surface area contributed by atoms with Gasteiger partial charge in [0.05, 0.1) is 17.3 Å². The maximum absolute atomic E-state index is 12.3. The molecule has 120 valence electrons. The first kappa shape index (κ1) is 15.2. The number of halogens is 1. The lowest BCUT2D eigenvalue weighted by Gasteiger charge is -2.27. The van der Waals surface area contributed by atoms with Crippen molar-refractivity contribution < 1.29 is 9.53 Å². The fourth-order valence-corrected chi connectivity index (χ4v) is 3.96. The molecule has 3 aromatic carbocycles. The Morgan fingerprint density at radius 3 is 2.75 bits per heavy atom. The number of benzene rings is 3. The molecule has 1 amide bonds. The molecule has 0 saturated heterocycles. The Balaban J connectivity index is 1.89. The summed E-state index contributed by atoms with van der Waals surface area (Å²) in [6.45, 7) is 0. The average Bonchev–Trinajstić information content (AvgIpc) is 2.61. The number of hydrogen-bond donors (Lipinski definition) is 1. The summed E-state index contributed by atoms with van der Waals surface area (Å²) in [6.07, 6.45) is 0.449. The van der Waals surface area contributed by atoms with Crippen molar-refractivity contribution in [3.63, 3.8) is 0 Å². The summed E-state index contributed by atoms with van der Waals surface area (Å²) >= 11 is 3.54. The number of methoxy groups -OCH3 is 1. The third kappa shape index (κ3) is 2.47. The van der Waals surface area contributed by atoms with Crippen molar-refractivity contribution in [2.75, 3.05) is 12.4 Å². The predicted molar refractivity (Wildman–Crippen MR) is 99.7 cm³/mol. The molecule has 0 fully saturated rings. The molecule has 1 aliphatic rings. The van der Waals surface area contributed by atoms with Crippen molar-refractivity contribution in [1.29, 1.82) is 0 Å². The maximum atomic E-state index is 12.3. The summed E-state index contributed by atoms with van der Waals surface area (Å²) in [5, 5.41) is 5.28. The molecule has 0 aliphatic carbocycles. The van der Waals surface area contributed by atoms with Gasteiger partial charge in [0.15, 0.2) is 0 Å². The summed E-state index contributed by atoms with van der Waals surface area (Å²) in [5.41, 5.74) is 3.20. The molecule has 4 rings (SSSR count). The summed E-state index contributed by atoms with van der Waals surface area (Å²) < 4.78 is 6.21. The van der Waals surface area contributed by atoms with E-state index in [-0.39, 0.29) is 11.8 Å². The first-order chi connectivity index (χ1) is 11.7. The van der Waals surface area contributed by atoms with Crippen molar-refractivity contribution >= 4 is 38.3 Å². The topological polar surface area (TPSA) is 38.3 Å². The summed E-state index contributed by atoms with van der Waals surface area (Å²) in [4.78, 5) is 12.3. The van der Waals surface area contributed by atoms with Crippen LogP contribution in [0.4, 0.5) is 5.69 Å². The first-order valence-electron chi connectivity index (χ1n) is 7.82. The lowest BCUT2D eigenvalue weighted by atomic mass is 9.83. The molecule has 0 spiro atoms. The Morgan fingerprint density at radius 1 is 1.12 bits per heavy atom. The van der Waals surface area contributed by atoms with Gasteiger partial charge in [0.1, 0.15) is 5.75 Å². The van der Waals surface area contributed by atoms with E-state index in [0.29, 0.717) is 6.42 Å². The number of hydrogen-bond acceptors (Lipinski definition) is 2. The fourth-order valence-electron chi connectivity index (χ4n) is 3.40. The molecular weight excluding hydrogens is 366 g/mol. The number of amides is 1. The predicted octanol–water partition coefficient (Wildman–Crippen LogP) is 5.09. The Hall–Kier alpha value is -2.33. The fraction of sp³-hybridized carbons (Fsp3) is 0.150. The van der Waals surface area contributed by atoms with Crippen LogP contribution in [-0.4, -0.2) is 13.0 Å². The molecule has 0 radical (unpaired) electrons. The summed E-state index contributed by atoms with van der Waals surface area (Å²) in [5.74, 6) is 0.883. The van der Waals surface area contributed by atoms with E-state index in [4.69, 9.17) is 4.74 Å². The minimum absolute atomic E-state index is 0.0422. The first-order valence-corrected chi connectivity index (χ1v) is 8.61. The Bertz CT molecular complexity index is 952. The number of fused-ring (bicyclic) bond motifs is 3. The van der Waals surface area contributed by atoms with Gasteiger partial charge in [-0.1, -0.05) is 42.5 Å². The van der Waals surface area contributed by atoms with Crippen LogP contribution in [0.25, 0.3) is 10.8 Å². The molecule has 1 N–H and O–H groups in total. The smallest absolute Gasteiger partial charge is 0.225 e. The lowest BCUT2D eigenvalue weighted by Crippen LogP contribution is -2.23. The minimum atomic E-state index is 0.0422. The molecule has 1 aliphatic heterocycles. The molecule has 1 atom stereocenters. The van der Waals surface area contributed by atoms with Crippen LogP contribution in [0, 0.1) is 0 Å². The highest BCUT2D eigenvalue weighted by Gasteiger charge is 2.28. The third-order valence-electron chi connectivity index (χ3n) is 4.57. The molecule has 3 nitrogen and oxygen atoms in total. The van der Waals surface area contributed by atoms with Crippen molar-refractivity contribution in [2.45, 2.75) is 12.3 Å². The Morgan fingerprint density at radius 2 is 1.96 bits per heavy atom. The second kappa shape index (κ2) is 5.95. The molecule has 0 saturated carbocycles. The number of anilines is 1. The Kier molecular flexibility index (Phi) is 3.77. The van der Waals surface area contributed by atoms with Crippen molar-refractivity contribution in [1.82, 2.24) is 0 Å². The minimum Gasteiger partial charge on any atom is -0.496 e. The van der Waals surface area contributed by atoms with E-state index in [0.717, 1.165) is 37.8 Å². The van der Waals surface area contributed by atoms with Crippen LogP contribution in [0.3, 0.4) is 0 Å². The van der Waals surface area contributed by atoms with Gasteiger partial charge in [-0.3, -0.25) is 4.79 Å². The lowest BCUT2D eigenvalue weighted by molar-refractivity contribution is -0.116. The van der Waals surface area contributed by atoms with Gasteiger partial charge in [-0.25, -0.2) is 0 Å². The van der Waals surface area contributed by atoms with E-state index in [9.17, 15) is 4.79 Å². The molecule has 4 heteroatoms. The normalized spacial score (nSPS) is 16.6. The van der Waals surface area contributed by atoms with Gasteiger partial charge in [0.25, 0.3) is 0 Å². The van der Waals surface area contributed by atoms with Crippen LogP contribution in [0.15, 0.2) is 59.1 Å². The third-order valence-corrected chi connectivity index (χ3v) is 5.19. The van der Waals surface area contributed by atoms with E-state index >= 15 is 0 Å². The Labute approximate surface area is 148 Å². The van der Waals surface area contributed by atoms with E-state index < -0.39 is 0 Å². The van der Waals surface area contributed by atoms with E-state index in [1.165, 1.54) is 0 Å². The zero-order valence-electron chi connectivity index (χ0n) is 13.2. The van der Waals surface area contributed by atoms with E-state index in [1.54, 1.807) is 7.11 Å². The van der Waals surface area contributed by atoms with Crippen LogP contribution in [-0.2, 0) is 4.79 Å². The quantitative estimate of drug-likeness (QED) is 0.671. The second-order valence-corrected chi connectivity index (χ2v) is 6.80. The van der Waals surface area contributed by atoms with E-state index in [2.05, 4.69) is 45.5 Å². The van der Waals surface area contributed by atoms with Gasteiger partial charge in [0, 0.05) is 17.7 Å². The highest BCUT2D eigenvalue weighted by atomic mass is 79.9. The molecule has 24 heavy (non-hydrogen) atoms. The van der Waals surface area contributed by atoms with Crippen molar-refractivity contribution in [2.24, 2.45) is 0 Å². The van der Waals surface area contributed by atoms with Crippen LogP contribution in [0.5, 0.6) is 5.75 Å². The molecule has 0 aromatic heterocycles. The molecular formula is C20H16BrNO2. The van der Waals surface area contributed by atoms with Gasteiger partial charge in [0.2, 0.25) is 5.91 Å². The van der Waals surface area contributed by atoms with Gasteiger partial charge >= 0.3 is 0 Å². The SMILES string of the molecule is COc1ccc(C2CC(=O)Nc3c2ccc2ccccc32)cc1Br. The molecule has 1 heterocycles. The number of carbonyl (C=O) groups excluding carboxylic acids is 1. The highest BCUT2D eigenvalue weighted by Crippen LogP contribution is 2.42. The van der Waals surface area contributed by atoms with Crippen LogP contribution >= 0.6 is 15.9 Å². The second-order valence-electron chi connectivity index (χ2n) is 5.95. The van der Waals surface area contributed by atoms with Gasteiger partial charge < -0.3 is 10.1 Å². The van der Waals surface area contributed by atoms with Crippen molar-refractivity contribution in [3.8, 4) is 5.75 Å². The summed E-state index contributed by atoms with van der Waals surface area (Å²) in [7, 11) is 1.65. The standard InChI is InChI=1S/C20H16BrNO2/c1-24-18-9-7-13(10-17(18)21)16-11-19(23)22-20-14-5-3-2-4-12(14)6-8-15(16)20/h2-10,16H,11H2,1H3,(H,22,23). The number of rotatable bonds is 2. The van der Waals surface area contributed by atoms with Crippen LogP contribution in [0.1, 0.15) is 23.5 Å². The number of carbonyl (C=O) groups is 1. The molecule has 3 aromatic rings. The monoisotopic (exact) mass is 381 g/mol. The largest absolute Gasteiger partial charge is 0.496 e. The zero-order valence-corrected chi connectivity index (χ0v) is 14.8. The van der Waals surface area contributed by atoms with E-state index in [1.807, 2.05) is 30.3 Å². The van der Waals surface area contributed by atoms with Crippen LogP contribution < -0.4 is 10.1 Å².